The van der Waals surface area contributed by atoms with Gasteiger partial charge in [0.2, 0.25) is 0 Å². The van der Waals surface area contributed by atoms with Gasteiger partial charge in [-0.3, -0.25) is 0 Å². The molecule has 0 aromatic rings. The van der Waals surface area contributed by atoms with E-state index in [9.17, 15) is 0 Å². The van der Waals surface area contributed by atoms with E-state index in [0.29, 0.717) is 20.4 Å². The Morgan fingerprint density at radius 1 is 0.493 bits per heavy atom. The maximum Gasteiger partial charge on any atom is 0.193 e. The van der Waals surface area contributed by atoms with E-state index in [1.165, 1.54) is 89.9 Å². The van der Waals surface area contributed by atoms with Gasteiger partial charge >= 0.3 is 0 Å². The first-order valence-electron chi connectivity index (χ1n) is 30.4. The van der Waals surface area contributed by atoms with E-state index >= 15 is 0 Å². The van der Waals surface area contributed by atoms with Crippen LogP contribution >= 0.6 is 0 Å². The van der Waals surface area contributed by atoms with Crippen LogP contribution in [0.3, 0.4) is 0 Å². The summed E-state index contributed by atoms with van der Waals surface area (Å²) >= 11 is 0. The molecule has 432 valence electrons. The molecule has 2 aliphatic rings. The quantitative estimate of drug-likeness (QED) is 0.0256. The van der Waals surface area contributed by atoms with Crippen molar-refractivity contribution in [1.82, 2.24) is 0 Å². The second kappa shape index (κ2) is 37.8. The minimum Gasteiger partial charge on any atom is -0.404 e. The zero-order valence-corrected chi connectivity index (χ0v) is 55.1. The second-order valence-corrected chi connectivity index (χ2v) is 49.1. The molecule has 73 heavy (non-hydrogen) atoms. The van der Waals surface area contributed by atoms with Gasteiger partial charge in [-0.2, -0.15) is 0 Å². The molecule has 0 saturated carbocycles. The monoisotopic (exact) mass is 1100 g/mol. The van der Waals surface area contributed by atoms with E-state index in [2.05, 4.69) is 118 Å². The molecule has 2 heterocycles. The molecule has 2 rings (SSSR count). The molecule has 0 aliphatic carbocycles. The van der Waals surface area contributed by atoms with Gasteiger partial charge in [-0.25, -0.2) is 0 Å². The maximum atomic E-state index is 6.91. The SMILES string of the molecule is CCCCCCCCCC[C@@H](OCOCC[Si](C)(C)C)[C@H]1CC[C@H]([C@H]2CC[C@H]([C@@H](CCCCCCCCCC[C@H](CC#C[C@@H](C)O[Si](C)(C)C(C)(C)C)OCOCC[Si](C)(C)C)OCOCC[Si](C)(C)C)O2)O1. The molecule has 0 unspecified atom stereocenters. The van der Waals surface area contributed by atoms with E-state index in [0.717, 1.165) is 102 Å². The summed E-state index contributed by atoms with van der Waals surface area (Å²) < 4.78 is 57.7. The molecule has 13 heteroatoms. The summed E-state index contributed by atoms with van der Waals surface area (Å²) in [5.41, 5.74) is 0. The van der Waals surface area contributed by atoms with E-state index < -0.39 is 32.5 Å². The molecule has 2 fully saturated rings. The Morgan fingerprint density at radius 2 is 0.863 bits per heavy atom. The highest BCUT2D eigenvalue weighted by molar-refractivity contribution is 6.77. The zero-order valence-electron chi connectivity index (χ0n) is 51.1. The van der Waals surface area contributed by atoms with Crippen LogP contribution in [-0.4, -0.2) is 122 Å². The van der Waals surface area contributed by atoms with Crippen LogP contribution in [-0.2, 0) is 42.3 Å². The summed E-state index contributed by atoms with van der Waals surface area (Å²) in [6.45, 7) is 40.9. The third kappa shape index (κ3) is 35.3. The lowest BCUT2D eigenvalue weighted by Gasteiger charge is -2.37. The standard InChI is InChI=1S/C60H122O9Si4/c1-17-18-19-20-21-25-28-31-37-54(65-50-62-44-47-71(9,10)11)56-39-41-58(67-56)59-42-40-57(68-59)55(66-51-63-45-48-72(12,13)14)38-32-29-26-23-22-24-27-30-35-53(64-49-61-43-46-70(6,7)8)36-33-34-52(2)69-73(15,16)60(3,4)5/h52-59H,17-32,35-51H2,1-16H3/t52-,53-,54-,55-,56-,57-,58-,59-/m1/s1. The molecule has 0 radical (unpaired) electrons. The van der Waals surface area contributed by atoms with E-state index in [1.807, 2.05) is 0 Å². The van der Waals surface area contributed by atoms with Gasteiger partial charge in [-0.15, -0.1) is 0 Å². The summed E-state index contributed by atoms with van der Waals surface area (Å²) in [7, 11) is -5.30. The van der Waals surface area contributed by atoms with Crippen LogP contribution in [0.25, 0.3) is 0 Å². The van der Waals surface area contributed by atoms with Gasteiger partial charge in [0.1, 0.15) is 26.5 Å². The first-order valence-corrected chi connectivity index (χ1v) is 44.5. The van der Waals surface area contributed by atoms with E-state index in [4.69, 9.17) is 42.3 Å². The topological polar surface area (TPSA) is 83.1 Å². The molecule has 8 atom stereocenters. The summed E-state index contributed by atoms with van der Waals surface area (Å²) in [6, 6.07) is 3.48. The van der Waals surface area contributed by atoms with Gasteiger partial charge in [0.25, 0.3) is 0 Å². The lowest BCUT2D eigenvalue weighted by atomic mass is 10.00. The largest absolute Gasteiger partial charge is 0.404 e. The van der Waals surface area contributed by atoms with Crippen LogP contribution in [0.15, 0.2) is 0 Å². The lowest BCUT2D eigenvalue weighted by molar-refractivity contribution is -0.162. The Kier molecular flexibility index (Phi) is 35.9. The van der Waals surface area contributed by atoms with Crippen LogP contribution in [0, 0.1) is 11.8 Å². The normalized spacial score (nSPS) is 20.8. The number of hydrogen-bond acceptors (Lipinski definition) is 9. The van der Waals surface area contributed by atoms with Crippen molar-refractivity contribution in [1.29, 1.82) is 0 Å². The first-order chi connectivity index (χ1) is 34.4. The van der Waals surface area contributed by atoms with E-state index in [1.54, 1.807) is 0 Å². The molecule has 0 spiro atoms. The van der Waals surface area contributed by atoms with Gasteiger partial charge < -0.3 is 42.3 Å². The van der Waals surface area contributed by atoms with Gasteiger partial charge in [0, 0.05) is 50.5 Å². The predicted octanol–water partition coefficient (Wildman–Crippen LogP) is 17.4. The first kappa shape index (κ1) is 69.2. The third-order valence-electron chi connectivity index (χ3n) is 15.5. The van der Waals surface area contributed by atoms with Crippen molar-refractivity contribution >= 4 is 32.5 Å². The van der Waals surface area contributed by atoms with Crippen LogP contribution in [0.2, 0.25) is 95.2 Å². The average Bonchev–Trinajstić information content (AvgIpc) is 3.98. The van der Waals surface area contributed by atoms with Crippen LogP contribution in [0.5, 0.6) is 0 Å². The fourth-order valence-corrected chi connectivity index (χ4v) is 13.0. The molecule has 0 amide bonds. The van der Waals surface area contributed by atoms with Crippen molar-refractivity contribution in [2.45, 2.75) is 333 Å². The second-order valence-electron chi connectivity index (χ2n) is 27.5. The molecular formula is C60H122O9Si4. The van der Waals surface area contributed by atoms with Gasteiger partial charge in [-0.1, -0.05) is 201 Å². The van der Waals surface area contributed by atoms with Crippen molar-refractivity contribution < 1.29 is 42.3 Å². The van der Waals surface area contributed by atoms with Crippen molar-refractivity contribution in [3.63, 3.8) is 0 Å². The summed E-state index contributed by atoms with van der Waals surface area (Å²) in [5, 5.41) is 0.171. The molecule has 0 aromatic carbocycles. The van der Waals surface area contributed by atoms with Crippen molar-refractivity contribution in [2.75, 3.05) is 40.2 Å². The zero-order chi connectivity index (χ0) is 54.2. The Morgan fingerprint density at radius 3 is 1.25 bits per heavy atom. The van der Waals surface area contributed by atoms with Gasteiger partial charge in [0.15, 0.2) is 8.32 Å². The Bertz CT molecular complexity index is 1410. The number of hydrogen-bond donors (Lipinski definition) is 0. The fraction of sp³-hybridized carbons (Fsp3) is 0.967. The summed E-state index contributed by atoms with van der Waals surface area (Å²) in [5.74, 6) is 6.83. The minimum absolute atomic E-state index is 0.0546. The number of rotatable bonds is 44. The van der Waals surface area contributed by atoms with Crippen LogP contribution in [0.4, 0.5) is 0 Å². The molecule has 0 bridgehead atoms. The number of unbranched alkanes of at least 4 members (excludes halogenated alkanes) is 14. The van der Waals surface area contributed by atoms with Crippen molar-refractivity contribution in [2.24, 2.45) is 0 Å². The number of ether oxygens (including phenoxy) is 8. The highest BCUT2D eigenvalue weighted by atomic mass is 28.4. The Hall–Kier alpha value is 0.0675. The molecule has 2 saturated heterocycles. The van der Waals surface area contributed by atoms with Crippen molar-refractivity contribution in [3.8, 4) is 11.8 Å². The fourth-order valence-electron chi connectivity index (χ4n) is 9.42. The molecule has 2 aliphatic heterocycles. The molecule has 0 N–H and O–H groups in total. The Labute approximate surface area is 457 Å². The summed E-state index contributed by atoms with van der Waals surface area (Å²) in [4.78, 5) is 0. The maximum absolute atomic E-state index is 6.91. The average molecular weight is 1100 g/mol. The lowest BCUT2D eigenvalue weighted by Crippen LogP contribution is -2.43. The van der Waals surface area contributed by atoms with Gasteiger partial charge in [0.05, 0.1) is 42.7 Å². The highest BCUT2D eigenvalue weighted by Gasteiger charge is 2.42. The molecule has 9 nitrogen and oxygen atoms in total. The summed E-state index contributed by atoms with van der Waals surface area (Å²) in [6.07, 6.45) is 28.9. The third-order valence-corrected chi connectivity index (χ3v) is 25.2. The van der Waals surface area contributed by atoms with E-state index in [-0.39, 0.29) is 53.9 Å². The molecule has 0 aromatic heterocycles. The highest BCUT2D eigenvalue weighted by Crippen LogP contribution is 2.38. The Balaban J connectivity index is 1.86. The van der Waals surface area contributed by atoms with Gasteiger partial charge in [-0.05, 0) is 88.1 Å². The van der Waals surface area contributed by atoms with Crippen LogP contribution < -0.4 is 0 Å². The minimum atomic E-state index is -1.86. The van der Waals surface area contributed by atoms with Crippen molar-refractivity contribution in [3.05, 3.63) is 0 Å². The van der Waals surface area contributed by atoms with Crippen LogP contribution in [0.1, 0.15) is 189 Å². The smallest absolute Gasteiger partial charge is 0.193 e. The molecular weight excluding hydrogens is 977 g/mol. The predicted molar refractivity (Wildman–Crippen MR) is 321 cm³/mol.